The van der Waals surface area contributed by atoms with Crippen molar-refractivity contribution in [1.29, 1.82) is 5.41 Å². The first-order valence-electron chi connectivity index (χ1n) is 4.16. The zero-order valence-corrected chi connectivity index (χ0v) is 7.67. The van der Waals surface area contributed by atoms with Crippen molar-refractivity contribution in [3.63, 3.8) is 0 Å². The molecule has 4 heteroatoms. The van der Waals surface area contributed by atoms with Crippen LogP contribution in [0.2, 0.25) is 0 Å². The minimum atomic E-state index is 0.444. The number of hydrogen-bond acceptors (Lipinski definition) is 3. The standard InChI is InChI=1S/C9H14N4/c1-7(11)12-6-9-4-2-3-8(5-10)13-9/h2-4H,5-6,10H2,1H3,(H2,11,12). The van der Waals surface area contributed by atoms with Gasteiger partial charge >= 0.3 is 0 Å². The van der Waals surface area contributed by atoms with Crippen LogP contribution in [-0.2, 0) is 13.1 Å². The minimum absolute atomic E-state index is 0.444. The Hall–Kier alpha value is -1.42. The van der Waals surface area contributed by atoms with E-state index >= 15 is 0 Å². The molecule has 1 rings (SSSR count). The second-order valence-electron chi connectivity index (χ2n) is 2.80. The van der Waals surface area contributed by atoms with Crippen LogP contribution in [0.3, 0.4) is 0 Å². The van der Waals surface area contributed by atoms with Gasteiger partial charge in [-0.25, -0.2) is 0 Å². The van der Waals surface area contributed by atoms with Crippen LogP contribution in [0.25, 0.3) is 0 Å². The van der Waals surface area contributed by atoms with E-state index in [9.17, 15) is 0 Å². The summed E-state index contributed by atoms with van der Waals surface area (Å²) in [5.41, 5.74) is 7.24. The third-order valence-electron chi connectivity index (χ3n) is 1.61. The van der Waals surface area contributed by atoms with Crippen LogP contribution < -0.4 is 11.1 Å². The monoisotopic (exact) mass is 178 g/mol. The maximum Gasteiger partial charge on any atom is 0.0902 e. The highest BCUT2D eigenvalue weighted by Gasteiger charge is 1.95. The number of nitrogens with two attached hydrogens (primary N) is 1. The highest BCUT2D eigenvalue weighted by molar-refractivity contribution is 5.75. The van der Waals surface area contributed by atoms with E-state index in [2.05, 4.69) is 10.3 Å². The van der Waals surface area contributed by atoms with Gasteiger partial charge in [0.1, 0.15) is 0 Å². The Bertz CT molecular complexity index is 295. The van der Waals surface area contributed by atoms with Crippen molar-refractivity contribution in [3.8, 4) is 0 Å². The summed E-state index contributed by atoms with van der Waals surface area (Å²) < 4.78 is 0. The molecule has 1 aromatic heterocycles. The molecule has 0 bridgehead atoms. The molecule has 13 heavy (non-hydrogen) atoms. The molecular formula is C9H14N4. The zero-order chi connectivity index (χ0) is 9.68. The van der Waals surface area contributed by atoms with Crippen LogP contribution in [-0.4, -0.2) is 10.8 Å². The van der Waals surface area contributed by atoms with E-state index in [4.69, 9.17) is 11.1 Å². The van der Waals surface area contributed by atoms with Crippen LogP contribution in [0.5, 0.6) is 0 Å². The maximum absolute atomic E-state index is 7.18. The van der Waals surface area contributed by atoms with E-state index in [-0.39, 0.29) is 0 Å². The number of nitrogens with zero attached hydrogens (tertiary/aromatic N) is 1. The Labute approximate surface area is 77.7 Å². The zero-order valence-electron chi connectivity index (χ0n) is 7.67. The number of hydrogen-bond donors (Lipinski definition) is 3. The number of amidine groups is 1. The molecule has 0 saturated heterocycles. The van der Waals surface area contributed by atoms with Gasteiger partial charge < -0.3 is 11.1 Å². The van der Waals surface area contributed by atoms with E-state index in [1.165, 1.54) is 0 Å². The lowest BCUT2D eigenvalue weighted by Crippen LogP contribution is -2.19. The molecular weight excluding hydrogens is 164 g/mol. The number of rotatable bonds is 3. The Morgan fingerprint density at radius 2 is 2.23 bits per heavy atom. The minimum Gasteiger partial charge on any atom is -0.369 e. The molecule has 0 aliphatic rings. The largest absolute Gasteiger partial charge is 0.369 e. The van der Waals surface area contributed by atoms with E-state index in [1.54, 1.807) is 6.92 Å². The molecule has 1 aromatic rings. The molecule has 0 aliphatic carbocycles. The Kier molecular flexibility index (Phi) is 3.40. The van der Waals surface area contributed by atoms with Crippen molar-refractivity contribution in [3.05, 3.63) is 29.6 Å². The molecule has 0 unspecified atom stereocenters. The van der Waals surface area contributed by atoms with Crippen LogP contribution in [0.4, 0.5) is 0 Å². The van der Waals surface area contributed by atoms with E-state index in [1.807, 2.05) is 18.2 Å². The van der Waals surface area contributed by atoms with Gasteiger partial charge in [-0.15, -0.1) is 0 Å². The predicted octanol–water partition coefficient (Wildman–Crippen LogP) is 0.627. The summed E-state index contributed by atoms with van der Waals surface area (Å²) in [6, 6.07) is 5.72. The van der Waals surface area contributed by atoms with Crippen LogP contribution in [0.15, 0.2) is 18.2 Å². The molecule has 4 nitrogen and oxygen atoms in total. The first-order chi connectivity index (χ1) is 6.22. The van der Waals surface area contributed by atoms with Crippen molar-refractivity contribution < 1.29 is 0 Å². The lowest BCUT2D eigenvalue weighted by molar-refractivity contribution is 0.841. The summed E-state index contributed by atoms with van der Waals surface area (Å²) in [5, 5.41) is 10.1. The average Bonchev–Trinajstić information content (AvgIpc) is 2.15. The summed E-state index contributed by atoms with van der Waals surface area (Å²) >= 11 is 0. The van der Waals surface area contributed by atoms with E-state index in [0.29, 0.717) is 18.9 Å². The first-order valence-corrected chi connectivity index (χ1v) is 4.16. The summed E-state index contributed by atoms with van der Waals surface area (Å²) in [6.45, 7) is 2.74. The topological polar surface area (TPSA) is 74.8 Å². The van der Waals surface area contributed by atoms with Crippen LogP contribution in [0.1, 0.15) is 18.3 Å². The fraction of sp³-hybridized carbons (Fsp3) is 0.333. The van der Waals surface area contributed by atoms with Crippen molar-refractivity contribution in [1.82, 2.24) is 10.3 Å². The summed E-state index contributed by atoms with van der Waals surface area (Å²) in [5.74, 6) is 0.444. The van der Waals surface area contributed by atoms with Crippen molar-refractivity contribution in [2.45, 2.75) is 20.0 Å². The van der Waals surface area contributed by atoms with Crippen LogP contribution >= 0.6 is 0 Å². The molecule has 70 valence electrons. The molecule has 0 aromatic carbocycles. The molecule has 0 radical (unpaired) electrons. The number of pyridine rings is 1. The van der Waals surface area contributed by atoms with Gasteiger partial charge in [0, 0.05) is 6.54 Å². The van der Waals surface area contributed by atoms with Gasteiger partial charge in [-0.3, -0.25) is 10.4 Å². The Morgan fingerprint density at radius 3 is 2.85 bits per heavy atom. The lowest BCUT2D eigenvalue weighted by atomic mass is 10.3. The summed E-state index contributed by atoms with van der Waals surface area (Å²) in [7, 11) is 0. The highest BCUT2D eigenvalue weighted by atomic mass is 14.9. The van der Waals surface area contributed by atoms with Crippen molar-refractivity contribution in [2.24, 2.45) is 5.73 Å². The molecule has 1 heterocycles. The van der Waals surface area contributed by atoms with E-state index in [0.717, 1.165) is 11.4 Å². The molecule has 0 spiro atoms. The number of nitrogens with one attached hydrogen (secondary N) is 2. The number of aromatic nitrogens is 1. The smallest absolute Gasteiger partial charge is 0.0902 e. The normalized spacial score (nSPS) is 9.69. The fourth-order valence-electron chi connectivity index (χ4n) is 0.965. The lowest BCUT2D eigenvalue weighted by Gasteiger charge is -2.04. The third kappa shape index (κ3) is 3.21. The van der Waals surface area contributed by atoms with Crippen molar-refractivity contribution in [2.75, 3.05) is 0 Å². The maximum atomic E-state index is 7.18. The van der Waals surface area contributed by atoms with Gasteiger partial charge in [0.15, 0.2) is 0 Å². The van der Waals surface area contributed by atoms with Crippen LogP contribution in [0, 0.1) is 5.41 Å². The third-order valence-corrected chi connectivity index (χ3v) is 1.61. The van der Waals surface area contributed by atoms with Gasteiger partial charge in [-0.05, 0) is 19.1 Å². The van der Waals surface area contributed by atoms with Gasteiger partial charge in [-0.1, -0.05) is 6.07 Å². The average molecular weight is 178 g/mol. The van der Waals surface area contributed by atoms with Gasteiger partial charge in [-0.2, -0.15) is 0 Å². The molecule has 0 amide bonds. The Balaban J connectivity index is 2.61. The summed E-state index contributed by atoms with van der Waals surface area (Å²) in [4.78, 5) is 4.28. The van der Waals surface area contributed by atoms with Gasteiger partial charge in [0.25, 0.3) is 0 Å². The van der Waals surface area contributed by atoms with E-state index < -0.39 is 0 Å². The summed E-state index contributed by atoms with van der Waals surface area (Å²) in [6.07, 6.45) is 0. The second-order valence-corrected chi connectivity index (χ2v) is 2.80. The first kappa shape index (κ1) is 9.67. The molecule has 0 atom stereocenters. The SMILES string of the molecule is CC(=N)NCc1cccc(CN)n1. The molecule has 4 N–H and O–H groups in total. The predicted molar refractivity (Wildman–Crippen MR) is 52.4 cm³/mol. The van der Waals surface area contributed by atoms with Gasteiger partial charge in [0.05, 0.1) is 23.8 Å². The molecule has 0 saturated carbocycles. The quantitative estimate of drug-likeness (QED) is 0.469. The molecule has 0 aliphatic heterocycles. The second kappa shape index (κ2) is 4.57. The van der Waals surface area contributed by atoms with Crippen molar-refractivity contribution >= 4 is 5.84 Å². The fourth-order valence-corrected chi connectivity index (χ4v) is 0.965. The molecule has 0 fully saturated rings. The Morgan fingerprint density at radius 1 is 1.54 bits per heavy atom. The highest BCUT2D eigenvalue weighted by Crippen LogP contribution is 1.97. The van der Waals surface area contributed by atoms with Gasteiger partial charge in [0.2, 0.25) is 0 Å².